The van der Waals surface area contributed by atoms with E-state index < -0.39 is 0 Å². The number of rotatable bonds is 5. The molecule has 0 unspecified atom stereocenters. The molecule has 1 aromatic heterocycles. The lowest BCUT2D eigenvalue weighted by molar-refractivity contribution is 0.0955. The van der Waals surface area contributed by atoms with Crippen LogP contribution in [0.1, 0.15) is 17.3 Å². The standard InChI is InChI=1S/C14H22N4O2/c1-2-15-14(20)12-3-4-13(16-11-12)18-7-5-17(6-8-18)9-10-19/h3-4,11,19H,2,5-10H2,1H3,(H,15,20). The highest BCUT2D eigenvalue weighted by Gasteiger charge is 2.17. The Morgan fingerprint density at radius 3 is 2.65 bits per heavy atom. The van der Waals surface area contributed by atoms with Gasteiger partial charge in [0, 0.05) is 45.5 Å². The lowest BCUT2D eigenvalue weighted by Gasteiger charge is -2.35. The molecule has 0 spiro atoms. The second-order valence-electron chi connectivity index (χ2n) is 4.82. The first-order valence-electron chi connectivity index (χ1n) is 7.07. The number of anilines is 1. The molecule has 1 fully saturated rings. The van der Waals surface area contributed by atoms with Gasteiger partial charge in [0.05, 0.1) is 12.2 Å². The molecule has 6 heteroatoms. The van der Waals surface area contributed by atoms with E-state index in [2.05, 4.69) is 20.1 Å². The number of β-amino-alcohol motifs (C(OH)–C–C–N with tert-alkyl or cyclic N) is 1. The van der Waals surface area contributed by atoms with Gasteiger partial charge in [-0.2, -0.15) is 0 Å². The molecule has 1 saturated heterocycles. The van der Waals surface area contributed by atoms with Crippen molar-refractivity contribution in [3.63, 3.8) is 0 Å². The van der Waals surface area contributed by atoms with Crippen LogP contribution in [0.4, 0.5) is 5.82 Å². The van der Waals surface area contributed by atoms with Crippen LogP contribution in [-0.2, 0) is 0 Å². The highest BCUT2D eigenvalue weighted by Crippen LogP contribution is 2.14. The van der Waals surface area contributed by atoms with Crippen LogP contribution in [-0.4, -0.2) is 66.8 Å². The van der Waals surface area contributed by atoms with Crippen molar-refractivity contribution in [2.75, 3.05) is 50.8 Å². The van der Waals surface area contributed by atoms with Crippen molar-refractivity contribution in [3.05, 3.63) is 23.9 Å². The van der Waals surface area contributed by atoms with Crippen LogP contribution in [0.5, 0.6) is 0 Å². The maximum atomic E-state index is 11.7. The summed E-state index contributed by atoms with van der Waals surface area (Å²) in [6, 6.07) is 3.71. The van der Waals surface area contributed by atoms with E-state index in [1.54, 1.807) is 6.20 Å². The highest BCUT2D eigenvalue weighted by atomic mass is 16.3. The number of hydrogen-bond donors (Lipinski definition) is 2. The van der Waals surface area contributed by atoms with Crippen molar-refractivity contribution in [1.29, 1.82) is 0 Å². The second-order valence-corrected chi connectivity index (χ2v) is 4.82. The van der Waals surface area contributed by atoms with Gasteiger partial charge in [0.15, 0.2) is 0 Å². The second kappa shape index (κ2) is 7.21. The molecule has 0 aromatic carbocycles. The number of piperazine rings is 1. The van der Waals surface area contributed by atoms with Crippen LogP contribution in [0.15, 0.2) is 18.3 Å². The van der Waals surface area contributed by atoms with E-state index in [1.165, 1.54) is 0 Å². The molecule has 110 valence electrons. The van der Waals surface area contributed by atoms with E-state index in [0.29, 0.717) is 12.1 Å². The van der Waals surface area contributed by atoms with E-state index in [1.807, 2.05) is 19.1 Å². The molecule has 20 heavy (non-hydrogen) atoms. The van der Waals surface area contributed by atoms with Crippen molar-refractivity contribution in [2.24, 2.45) is 0 Å². The van der Waals surface area contributed by atoms with Gasteiger partial charge in [-0.3, -0.25) is 9.69 Å². The number of aliphatic hydroxyl groups excluding tert-OH is 1. The molecule has 0 saturated carbocycles. The Balaban J connectivity index is 1.92. The van der Waals surface area contributed by atoms with Crippen LogP contribution < -0.4 is 10.2 Å². The molecule has 0 radical (unpaired) electrons. The van der Waals surface area contributed by atoms with E-state index in [4.69, 9.17) is 5.11 Å². The van der Waals surface area contributed by atoms with Crippen molar-refractivity contribution in [3.8, 4) is 0 Å². The summed E-state index contributed by atoms with van der Waals surface area (Å²) < 4.78 is 0. The molecule has 1 amide bonds. The summed E-state index contributed by atoms with van der Waals surface area (Å²) >= 11 is 0. The maximum absolute atomic E-state index is 11.7. The Labute approximate surface area is 119 Å². The summed E-state index contributed by atoms with van der Waals surface area (Å²) in [6.45, 7) is 7.11. The molecule has 0 aliphatic carbocycles. The number of amides is 1. The third-order valence-electron chi connectivity index (χ3n) is 3.46. The number of carbonyl (C=O) groups excluding carboxylic acids is 1. The fraction of sp³-hybridized carbons (Fsp3) is 0.571. The first-order valence-corrected chi connectivity index (χ1v) is 7.07. The van der Waals surface area contributed by atoms with E-state index in [0.717, 1.165) is 38.5 Å². The van der Waals surface area contributed by atoms with Crippen LogP contribution in [0.3, 0.4) is 0 Å². The third-order valence-corrected chi connectivity index (χ3v) is 3.46. The quantitative estimate of drug-likeness (QED) is 0.790. The van der Waals surface area contributed by atoms with E-state index >= 15 is 0 Å². The predicted octanol–water partition coefficient (Wildman–Crippen LogP) is -0.0544. The van der Waals surface area contributed by atoms with Crippen molar-refractivity contribution in [2.45, 2.75) is 6.92 Å². The van der Waals surface area contributed by atoms with Crippen LogP contribution in [0.25, 0.3) is 0 Å². The largest absolute Gasteiger partial charge is 0.395 e. The van der Waals surface area contributed by atoms with Gasteiger partial charge in [0.1, 0.15) is 5.82 Å². The molecule has 1 aliphatic heterocycles. The van der Waals surface area contributed by atoms with Crippen LogP contribution in [0, 0.1) is 0 Å². The minimum absolute atomic E-state index is 0.0840. The Morgan fingerprint density at radius 1 is 1.35 bits per heavy atom. The normalized spacial score (nSPS) is 16.2. The monoisotopic (exact) mass is 278 g/mol. The van der Waals surface area contributed by atoms with Crippen LogP contribution >= 0.6 is 0 Å². The SMILES string of the molecule is CCNC(=O)c1ccc(N2CCN(CCO)CC2)nc1. The average molecular weight is 278 g/mol. The predicted molar refractivity (Wildman–Crippen MR) is 78.0 cm³/mol. The molecular weight excluding hydrogens is 256 g/mol. The number of hydrogen-bond acceptors (Lipinski definition) is 5. The summed E-state index contributed by atoms with van der Waals surface area (Å²) in [5, 5.41) is 11.7. The number of aliphatic hydroxyl groups is 1. The third kappa shape index (κ3) is 3.68. The Hall–Kier alpha value is -1.66. The van der Waals surface area contributed by atoms with Crippen molar-refractivity contribution >= 4 is 11.7 Å². The first kappa shape index (κ1) is 14.7. The topological polar surface area (TPSA) is 68.7 Å². The van der Waals surface area contributed by atoms with E-state index in [9.17, 15) is 4.79 Å². The molecule has 1 aromatic rings. The average Bonchev–Trinajstić information content (AvgIpc) is 2.49. The van der Waals surface area contributed by atoms with Gasteiger partial charge in [-0.25, -0.2) is 4.98 Å². The maximum Gasteiger partial charge on any atom is 0.252 e. The van der Waals surface area contributed by atoms with Gasteiger partial charge in [-0.1, -0.05) is 0 Å². The zero-order valence-corrected chi connectivity index (χ0v) is 11.9. The molecule has 1 aliphatic rings. The smallest absolute Gasteiger partial charge is 0.252 e. The number of pyridine rings is 1. The summed E-state index contributed by atoms with van der Waals surface area (Å²) in [7, 11) is 0. The Bertz CT molecular complexity index is 427. The van der Waals surface area contributed by atoms with Gasteiger partial charge in [0.2, 0.25) is 0 Å². The fourth-order valence-electron chi connectivity index (χ4n) is 2.31. The molecule has 6 nitrogen and oxygen atoms in total. The van der Waals surface area contributed by atoms with Crippen molar-refractivity contribution in [1.82, 2.24) is 15.2 Å². The molecule has 2 N–H and O–H groups in total. The highest BCUT2D eigenvalue weighted by molar-refractivity contribution is 5.93. The zero-order valence-electron chi connectivity index (χ0n) is 11.9. The van der Waals surface area contributed by atoms with Gasteiger partial charge in [-0.15, -0.1) is 0 Å². The molecule has 2 rings (SSSR count). The van der Waals surface area contributed by atoms with Gasteiger partial charge >= 0.3 is 0 Å². The number of carbonyl (C=O) groups is 1. The number of nitrogens with zero attached hydrogens (tertiary/aromatic N) is 3. The Kier molecular flexibility index (Phi) is 5.31. The zero-order chi connectivity index (χ0) is 14.4. The number of nitrogens with one attached hydrogen (secondary N) is 1. The summed E-state index contributed by atoms with van der Waals surface area (Å²) in [5.41, 5.74) is 0.592. The summed E-state index contributed by atoms with van der Waals surface area (Å²) in [4.78, 5) is 20.5. The minimum Gasteiger partial charge on any atom is -0.395 e. The van der Waals surface area contributed by atoms with Crippen molar-refractivity contribution < 1.29 is 9.90 Å². The minimum atomic E-state index is -0.0840. The molecule has 0 atom stereocenters. The fourth-order valence-corrected chi connectivity index (χ4v) is 2.31. The molecule has 0 bridgehead atoms. The lowest BCUT2D eigenvalue weighted by Crippen LogP contribution is -2.47. The Morgan fingerprint density at radius 2 is 2.10 bits per heavy atom. The van der Waals surface area contributed by atoms with E-state index in [-0.39, 0.29) is 12.5 Å². The summed E-state index contributed by atoms with van der Waals surface area (Å²) in [6.07, 6.45) is 1.63. The van der Waals surface area contributed by atoms with Crippen LogP contribution in [0.2, 0.25) is 0 Å². The molecular formula is C14H22N4O2. The molecule has 2 heterocycles. The number of aromatic nitrogens is 1. The lowest BCUT2D eigenvalue weighted by atomic mass is 10.2. The summed E-state index contributed by atoms with van der Waals surface area (Å²) in [5.74, 6) is 0.820. The first-order chi connectivity index (χ1) is 9.74. The van der Waals surface area contributed by atoms with Gasteiger partial charge in [0.25, 0.3) is 5.91 Å². The van der Waals surface area contributed by atoms with Gasteiger partial charge < -0.3 is 15.3 Å². The van der Waals surface area contributed by atoms with Gasteiger partial charge in [-0.05, 0) is 19.1 Å².